The van der Waals surface area contributed by atoms with Crippen LogP contribution in [0.3, 0.4) is 0 Å². The van der Waals surface area contributed by atoms with E-state index in [1.165, 1.54) is 0 Å². The second kappa shape index (κ2) is 18.8. The van der Waals surface area contributed by atoms with E-state index in [1.807, 2.05) is 121 Å². The summed E-state index contributed by atoms with van der Waals surface area (Å²) in [5, 5.41) is 43.9. The van der Waals surface area contributed by atoms with Crippen LogP contribution in [0.25, 0.3) is 0 Å². The molecule has 0 bridgehead atoms. The second-order valence-electron chi connectivity index (χ2n) is 12.6. The van der Waals surface area contributed by atoms with Crippen LogP contribution in [0.15, 0.2) is 121 Å². The predicted octanol–water partition coefficient (Wildman–Crippen LogP) is 3.50. The maximum absolute atomic E-state index is 11.7. The Hall–Kier alpha value is -3.56. The molecule has 0 saturated carbocycles. The van der Waals surface area contributed by atoms with E-state index < -0.39 is 68.0 Å². The third-order valence-corrected chi connectivity index (χ3v) is 8.99. The number of benzene rings is 4. The van der Waals surface area contributed by atoms with Crippen molar-refractivity contribution in [3.8, 4) is 0 Å². The van der Waals surface area contributed by atoms with Crippen LogP contribution in [0.2, 0.25) is 0 Å². The average Bonchev–Trinajstić information content (AvgIpc) is 3.18. The summed E-state index contributed by atoms with van der Waals surface area (Å²) in [6, 6.07) is 38.0. The smallest absolute Gasteiger partial charge is 0.186 e. The normalized spacial score (nSPS) is 29.5. The van der Waals surface area contributed by atoms with Gasteiger partial charge in [-0.25, -0.2) is 0 Å². The van der Waals surface area contributed by atoms with Gasteiger partial charge in [0.1, 0.15) is 48.8 Å². The number of aliphatic hydroxyl groups is 4. The molecule has 0 amide bonds. The molecule has 2 aliphatic heterocycles. The maximum atomic E-state index is 11.7. The minimum atomic E-state index is -1.60. The van der Waals surface area contributed by atoms with E-state index in [0.29, 0.717) is 0 Å². The van der Waals surface area contributed by atoms with Crippen molar-refractivity contribution in [3.63, 3.8) is 0 Å². The lowest BCUT2D eigenvalue weighted by atomic mass is 9.97. The summed E-state index contributed by atoms with van der Waals surface area (Å²) in [7, 11) is 0. The number of aliphatic hydroxyl groups excluding tert-OH is 4. The summed E-state index contributed by atoms with van der Waals surface area (Å²) in [6.07, 6.45) is -11.2. The Morgan fingerprint density at radius 1 is 0.431 bits per heavy atom. The fourth-order valence-corrected chi connectivity index (χ4v) is 6.26. The second-order valence-corrected chi connectivity index (χ2v) is 12.6. The summed E-state index contributed by atoms with van der Waals surface area (Å²) in [4.78, 5) is 0. The zero-order valence-electron chi connectivity index (χ0n) is 28.2. The Kier molecular flexibility index (Phi) is 13.7. The molecule has 4 aromatic carbocycles. The lowest BCUT2D eigenvalue weighted by Gasteiger charge is -2.45. The molecule has 272 valence electrons. The molecule has 2 saturated heterocycles. The average molecular weight is 703 g/mol. The Balaban J connectivity index is 1.18. The van der Waals surface area contributed by atoms with Crippen LogP contribution in [-0.2, 0) is 59.6 Å². The molecule has 0 spiro atoms. The van der Waals surface area contributed by atoms with E-state index in [0.717, 1.165) is 22.3 Å². The maximum Gasteiger partial charge on any atom is 0.186 e. The zero-order chi connectivity index (χ0) is 35.4. The van der Waals surface area contributed by atoms with Gasteiger partial charge in [-0.1, -0.05) is 121 Å². The molecule has 4 N–H and O–H groups in total. The largest absolute Gasteiger partial charge is 0.394 e. The molecule has 2 fully saturated rings. The van der Waals surface area contributed by atoms with Gasteiger partial charge in [0.25, 0.3) is 0 Å². The van der Waals surface area contributed by atoms with E-state index in [1.54, 1.807) is 0 Å². The number of hydrogen-bond donors (Lipinski definition) is 4. The van der Waals surface area contributed by atoms with Crippen molar-refractivity contribution in [1.82, 2.24) is 0 Å². The summed E-state index contributed by atoms with van der Waals surface area (Å²) >= 11 is 0. The van der Waals surface area contributed by atoms with Crippen LogP contribution in [0.1, 0.15) is 22.3 Å². The van der Waals surface area contributed by atoms with Crippen molar-refractivity contribution < 1.29 is 53.6 Å². The van der Waals surface area contributed by atoms with Gasteiger partial charge in [-0.15, -0.1) is 0 Å². The summed E-state index contributed by atoms with van der Waals surface area (Å²) < 4.78 is 43.1. The SMILES string of the molecule is OC[C@H]1O[C@H](OC[C@H]2O[C@H](O)[C@@H](O)[C@@H](OCc3ccccc3)[C@@H]2OCc2ccccc2)[C@@H](O)[C@@H](OCc2ccccc2)[C@@H]1OCc1ccccc1. The third-order valence-electron chi connectivity index (χ3n) is 8.99. The molecule has 2 heterocycles. The molecule has 11 nitrogen and oxygen atoms in total. The van der Waals surface area contributed by atoms with Crippen LogP contribution in [0.5, 0.6) is 0 Å². The van der Waals surface area contributed by atoms with Crippen molar-refractivity contribution in [3.05, 3.63) is 144 Å². The minimum absolute atomic E-state index is 0.154. The fourth-order valence-electron chi connectivity index (χ4n) is 6.26. The van der Waals surface area contributed by atoms with Crippen LogP contribution >= 0.6 is 0 Å². The summed E-state index contributed by atoms with van der Waals surface area (Å²) in [6.45, 7) is 0.0431. The quantitative estimate of drug-likeness (QED) is 0.136. The van der Waals surface area contributed by atoms with Gasteiger partial charge in [-0.05, 0) is 22.3 Å². The highest BCUT2D eigenvalue weighted by atomic mass is 16.7. The highest BCUT2D eigenvalue weighted by Gasteiger charge is 2.50. The first-order chi connectivity index (χ1) is 25.0. The molecule has 10 atom stereocenters. The van der Waals surface area contributed by atoms with Gasteiger partial charge >= 0.3 is 0 Å². The fraction of sp³-hybridized carbons (Fsp3) is 0.400. The minimum Gasteiger partial charge on any atom is -0.394 e. The van der Waals surface area contributed by atoms with Gasteiger partial charge in [0.05, 0.1) is 39.6 Å². The summed E-state index contributed by atoms with van der Waals surface area (Å²) in [5.41, 5.74) is 3.56. The first kappa shape index (κ1) is 37.2. The van der Waals surface area contributed by atoms with Gasteiger partial charge in [0, 0.05) is 0 Å². The van der Waals surface area contributed by atoms with Gasteiger partial charge in [0.2, 0.25) is 0 Å². The zero-order valence-corrected chi connectivity index (χ0v) is 28.2. The van der Waals surface area contributed by atoms with E-state index in [4.69, 9.17) is 33.2 Å². The molecule has 51 heavy (non-hydrogen) atoms. The molecular formula is C40H46O11. The third kappa shape index (κ3) is 10.1. The molecule has 4 aromatic rings. The van der Waals surface area contributed by atoms with Gasteiger partial charge in [-0.3, -0.25) is 0 Å². The molecule has 0 aromatic heterocycles. The number of hydrogen-bond acceptors (Lipinski definition) is 11. The van der Waals surface area contributed by atoms with Crippen LogP contribution in [0, 0.1) is 0 Å². The Labute approximate surface area is 297 Å². The van der Waals surface area contributed by atoms with Crippen LogP contribution in [0.4, 0.5) is 0 Å². The summed E-state index contributed by atoms with van der Waals surface area (Å²) in [5.74, 6) is 0. The van der Waals surface area contributed by atoms with E-state index in [-0.39, 0.29) is 33.0 Å². The standard InChI is InChI=1S/C40H46O11/c41-21-31-35(45-22-27-13-5-1-6-14-27)38(48-25-30-19-11-4-12-20-30)34(43)40(51-31)49-26-32-36(46-23-28-15-7-2-8-16-28)37(33(42)39(44)50-32)47-24-29-17-9-3-10-18-29/h1-20,31-44H,21-26H2/t31-,32-,33+,34+,35-,36-,37-,38-,39+,40+/m1/s1. The molecule has 2 aliphatic rings. The molecule has 11 heteroatoms. The van der Waals surface area contributed by atoms with Crippen molar-refractivity contribution in [2.75, 3.05) is 13.2 Å². The number of rotatable bonds is 16. The molecular weight excluding hydrogens is 656 g/mol. The molecule has 0 aliphatic carbocycles. The van der Waals surface area contributed by atoms with Crippen molar-refractivity contribution in [2.24, 2.45) is 0 Å². The van der Waals surface area contributed by atoms with Crippen molar-refractivity contribution in [2.45, 2.75) is 87.8 Å². The molecule has 0 radical (unpaired) electrons. The van der Waals surface area contributed by atoms with E-state index in [2.05, 4.69) is 0 Å². The van der Waals surface area contributed by atoms with Gasteiger partial charge in [0.15, 0.2) is 12.6 Å². The molecule has 6 rings (SSSR count). The first-order valence-electron chi connectivity index (χ1n) is 17.2. The highest BCUT2D eigenvalue weighted by Crippen LogP contribution is 2.31. The van der Waals surface area contributed by atoms with Gasteiger partial charge in [-0.2, -0.15) is 0 Å². The van der Waals surface area contributed by atoms with E-state index in [9.17, 15) is 20.4 Å². The Bertz CT molecular complexity index is 1550. The topological polar surface area (TPSA) is 146 Å². The van der Waals surface area contributed by atoms with E-state index >= 15 is 0 Å². The van der Waals surface area contributed by atoms with Crippen molar-refractivity contribution >= 4 is 0 Å². The lowest BCUT2D eigenvalue weighted by Crippen LogP contribution is -2.63. The van der Waals surface area contributed by atoms with Crippen LogP contribution in [-0.4, -0.2) is 95.1 Å². The lowest BCUT2D eigenvalue weighted by molar-refractivity contribution is -0.339. The van der Waals surface area contributed by atoms with Gasteiger partial charge < -0.3 is 53.6 Å². The predicted molar refractivity (Wildman–Crippen MR) is 185 cm³/mol. The van der Waals surface area contributed by atoms with Crippen molar-refractivity contribution in [1.29, 1.82) is 0 Å². The monoisotopic (exact) mass is 702 g/mol. The Morgan fingerprint density at radius 2 is 0.804 bits per heavy atom. The first-order valence-corrected chi connectivity index (χ1v) is 17.2. The highest BCUT2D eigenvalue weighted by molar-refractivity contribution is 5.16. The molecule has 0 unspecified atom stereocenters. The van der Waals surface area contributed by atoms with Crippen LogP contribution < -0.4 is 0 Å². The Morgan fingerprint density at radius 3 is 1.22 bits per heavy atom. The number of ether oxygens (including phenoxy) is 7.